The second-order valence-electron chi connectivity index (χ2n) is 4.66. The van der Waals surface area contributed by atoms with E-state index in [-0.39, 0.29) is 11.3 Å². The van der Waals surface area contributed by atoms with Crippen molar-refractivity contribution < 1.29 is 18.3 Å². The summed E-state index contributed by atoms with van der Waals surface area (Å²) in [5.74, 6) is -1.07. The minimum absolute atomic E-state index is 0.0619. The van der Waals surface area contributed by atoms with Crippen LogP contribution in [0.1, 0.15) is 21.5 Å². The Hall–Kier alpha value is -1.67. The first-order valence-electron chi connectivity index (χ1n) is 6.34. The summed E-state index contributed by atoms with van der Waals surface area (Å²) in [5.41, 5.74) is 1.53. The summed E-state index contributed by atoms with van der Waals surface area (Å²) in [5, 5.41) is 9.96. The molecule has 6 heteroatoms. The molecule has 2 aromatic carbocycles. The van der Waals surface area contributed by atoms with Crippen molar-refractivity contribution in [3.05, 3.63) is 74.2 Å². The predicted molar refractivity (Wildman–Crippen MR) is 94.2 cm³/mol. The van der Waals surface area contributed by atoms with Gasteiger partial charge in [0.25, 0.3) is 0 Å². The normalized spacial score (nSPS) is 11.7. The molecule has 4 nitrogen and oxygen atoms in total. The summed E-state index contributed by atoms with van der Waals surface area (Å²) in [6.45, 7) is 0. The lowest BCUT2D eigenvalue weighted by atomic mass is 10.1. The minimum atomic E-state index is -3.37. The summed E-state index contributed by atoms with van der Waals surface area (Å²) in [6.07, 6.45) is 1.47. The molecule has 0 aliphatic rings. The minimum Gasteiger partial charge on any atom is -0.478 e. The van der Waals surface area contributed by atoms with Crippen LogP contribution in [0, 0.1) is 3.57 Å². The van der Waals surface area contributed by atoms with Crippen LogP contribution in [0.25, 0.3) is 6.08 Å². The Bertz CT molecular complexity index is 791. The van der Waals surface area contributed by atoms with Crippen LogP contribution < -0.4 is 0 Å². The Morgan fingerprint density at radius 3 is 2.18 bits per heavy atom. The van der Waals surface area contributed by atoms with Gasteiger partial charge in [0.2, 0.25) is 0 Å². The van der Waals surface area contributed by atoms with Crippen molar-refractivity contribution >= 4 is 44.5 Å². The Balaban J connectivity index is 2.10. The van der Waals surface area contributed by atoms with E-state index in [1.165, 1.54) is 18.2 Å². The van der Waals surface area contributed by atoms with Crippen LogP contribution in [0.5, 0.6) is 0 Å². The molecule has 0 unspecified atom stereocenters. The summed E-state index contributed by atoms with van der Waals surface area (Å²) in [7, 11) is -3.37. The summed E-state index contributed by atoms with van der Waals surface area (Å²) in [6, 6.07) is 13.3. The van der Waals surface area contributed by atoms with Crippen LogP contribution in [-0.4, -0.2) is 19.5 Å². The van der Waals surface area contributed by atoms with E-state index in [2.05, 4.69) is 22.6 Å². The lowest BCUT2D eigenvalue weighted by Crippen LogP contribution is -2.00. The monoisotopic (exact) mass is 428 g/mol. The van der Waals surface area contributed by atoms with E-state index < -0.39 is 15.8 Å². The predicted octanol–water partition coefficient (Wildman–Crippen LogP) is 3.58. The van der Waals surface area contributed by atoms with E-state index in [1.807, 2.05) is 12.1 Å². The van der Waals surface area contributed by atoms with Crippen LogP contribution in [0.4, 0.5) is 0 Å². The molecule has 0 saturated carbocycles. The molecule has 0 radical (unpaired) electrons. The van der Waals surface area contributed by atoms with Gasteiger partial charge < -0.3 is 5.11 Å². The second kappa shape index (κ2) is 7.06. The van der Waals surface area contributed by atoms with Gasteiger partial charge in [-0.05, 0) is 64.1 Å². The van der Waals surface area contributed by atoms with Gasteiger partial charge >= 0.3 is 5.97 Å². The third-order valence-corrected chi connectivity index (χ3v) is 4.91. The van der Waals surface area contributed by atoms with Crippen LogP contribution in [0.15, 0.2) is 53.9 Å². The topological polar surface area (TPSA) is 71.4 Å². The van der Waals surface area contributed by atoms with Gasteiger partial charge in [0.1, 0.15) is 0 Å². The Morgan fingerprint density at radius 1 is 1.05 bits per heavy atom. The van der Waals surface area contributed by atoms with Gasteiger partial charge in [-0.25, -0.2) is 13.2 Å². The van der Waals surface area contributed by atoms with E-state index in [0.29, 0.717) is 5.56 Å². The van der Waals surface area contributed by atoms with Crippen molar-refractivity contribution in [2.24, 2.45) is 0 Å². The zero-order chi connectivity index (χ0) is 16.2. The average Bonchev–Trinajstić information content (AvgIpc) is 2.48. The van der Waals surface area contributed by atoms with Crippen LogP contribution in [0.2, 0.25) is 0 Å². The van der Waals surface area contributed by atoms with Crippen molar-refractivity contribution in [2.45, 2.75) is 5.75 Å². The van der Waals surface area contributed by atoms with Gasteiger partial charge in [-0.1, -0.05) is 24.3 Å². The van der Waals surface area contributed by atoms with E-state index in [0.717, 1.165) is 14.5 Å². The number of halogens is 1. The van der Waals surface area contributed by atoms with Crippen LogP contribution in [0.3, 0.4) is 0 Å². The number of benzene rings is 2. The van der Waals surface area contributed by atoms with Gasteiger partial charge in [-0.2, -0.15) is 0 Å². The molecular weight excluding hydrogens is 415 g/mol. The number of rotatable bonds is 5. The van der Waals surface area contributed by atoms with Crippen LogP contribution >= 0.6 is 22.6 Å². The van der Waals surface area contributed by atoms with E-state index >= 15 is 0 Å². The molecule has 114 valence electrons. The first kappa shape index (κ1) is 16.7. The Labute approximate surface area is 142 Å². The molecule has 22 heavy (non-hydrogen) atoms. The van der Waals surface area contributed by atoms with E-state index in [1.54, 1.807) is 24.3 Å². The Kier molecular flexibility index (Phi) is 5.36. The number of hydrogen-bond acceptors (Lipinski definition) is 3. The number of carboxylic acids is 1. The lowest BCUT2D eigenvalue weighted by molar-refractivity contribution is 0.0697. The molecule has 0 spiro atoms. The second-order valence-corrected chi connectivity index (χ2v) is 7.80. The van der Waals surface area contributed by atoms with Gasteiger partial charge in [0, 0.05) is 8.98 Å². The largest absolute Gasteiger partial charge is 0.478 e. The molecule has 0 aliphatic heterocycles. The zero-order valence-electron chi connectivity index (χ0n) is 11.4. The maximum Gasteiger partial charge on any atom is 0.335 e. The zero-order valence-corrected chi connectivity index (χ0v) is 14.4. The first-order chi connectivity index (χ1) is 10.4. The van der Waals surface area contributed by atoms with Gasteiger partial charge in [0.15, 0.2) is 9.84 Å². The number of carbonyl (C=O) groups is 1. The van der Waals surface area contributed by atoms with E-state index in [4.69, 9.17) is 5.11 Å². The maximum absolute atomic E-state index is 12.1. The molecule has 0 fully saturated rings. The van der Waals surface area contributed by atoms with E-state index in [9.17, 15) is 13.2 Å². The highest BCUT2D eigenvalue weighted by Crippen LogP contribution is 2.13. The SMILES string of the molecule is O=C(O)c1ccc(/C=C/S(=O)(=O)Cc2ccc(I)cc2)cc1. The molecule has 2 aromatic rings. The molecule has 1 N–H and O–H groups in total. The third kappa shape index (κ3) is 4.96. The fourth-order valence-corrected chi connectivity index (χ4v) is 3.26. The number of carboxylic acid groups (broad SMARTS) is 1. The van der Waals surface area contributed by atoms with Crippen molar-refractivity contribution in [3.63, 3.8) is 0 Å². The summed E-state index contributed by atoms with van der Waals surface area (Å²) >= 11 is 2.16. The number of aromatic carboxylic acids is 1. The molecule has 0 saturated heterocycles. The molecule has 0 atom stereocenters. The molecule has 0 heterocycles. The molecule has 0 aromatic heterocycles. The van der Waals surface area contributed by atoms with Crippen molar-refractivity contribution in [2.75, 3.05) is 0 Å². The average molecular weight is 428 g/mol. The smallest absolute Gasteiger partial charge is 0.335 e. The molecule has 2 rings (SSSR count). The number of sulfone groups is 1. The molecule has 0 bridgehead atoms. The van der Waals surface area contributed by atoms with Crippen LogP contribution in [-0.2, 0) is 15.6 Å². The maximum atomic E-state index is 12.1. The van der Waals surface area contributed by atoms with Gasteiger partial charge in [-0.3, -0.25) is 0 Å². The van der Waals surface area contributed by atoms with Crippen molar-refractivity contribution in [3.8, 4) is 0 Å². The Morgan fingerprint density at radius 2 is 1.64 bits per heavy atom. The fourth-order valence-electron chi connectivity index (χ4n) is 1.78. The van der Waals surface area contributed by atoms with Gasteiger partial charge in [0.05, 0.1) is 11.3 Å². The number of hydrogen-bond donors (Lipinski definition) is 1. The summed E-state index contributed by atoms with van der Waals surface area (Å²) in [4.78, 5) is 10.7. The first-order valence-corrected chi connectivity index (χ1v) is 9.14. The molecular formula is C16H13IO4S. The standard InChI is InChI=1S/C16H13IO4S/c17-15-7-3-13(4-8-15)11-22(20,21)10-9-12-1-5-14(6-2-12)16(18)19/h1-10H,11H2,(H,18,19)/b10-9+. The van der Waals surface area contributed by atoms with Gasteiger partial charge in [-0.15, -0.1) is 0 Å². The lowest BCUT2D eigenvalue weighted by Gasteiger charge is -2.01. The fraction of sp³-hybridized carbons (Fsp3) is 0.0625. The van der Waals surface area contributed by atoms with Crippen molar-refractivity contribution in [1.29, 1.82) is 0 Å². The highest BCUT2D eigenvalue weighted by Gasteiger charge is 2.08. The highest BCUT2D eigenvalue weighted by molar-refractivity contribution is 14.1. The molecule has 0 aliphatic carbocycles. The molecule has 0 amide bonds. The van der Waals surface area contributed by atoms with Crippen molar-refractivity contribution in [1.82, 2.24) is 0 Å². The quantitative estimate of drug-likeness (QED) is 0.740. The summed E-state index contributed by atoms with van der Waals surface area (Å²) < 4.78 is 25.2. The highest BCUT2D eigenvalue weighted by atomic mass is 127. The third-order valence-electron chi connectivity index (χ3n) is 2.91.